The maximum Gasteiger partial charge on any atom is 0.359 e. The first-order chi connectivity index (χ1) is 12.5. The number of hydrogen-bond acceptors (Lipinski definition) is 6. The summed E-state index contributed by atoms with van der Waals surface area (Å²) in [5.74, 6) is -1.30. The van der Waals surface area contributed by atoms with Gasteiger partial charge in [-0.3, -0.25) is 0 Å². The molecule has 0 aliphatic carbocycles. The molecule has 0 atom stereocenters. The third-order valence-electron chi connectivity index (χ3n) is 3.16. The van der Waals surface area contributed by atoms with Crippen LogP contribution in [0.2, 0.25) is 0 Å². The Morgan fingerprint density at radius 3 is 2.00 bits per heavy atom. The fourth-order valence-electron chi connectivity index (χ4n) is 1.95. The largest absolute Gasteiger partial charge is 0.464 e. The van der Waals surface area contributed by atoms with Crippen molar-refractivity contribution in [1.82, 2.24) is 9.97 Å². The number of halogens is 2. The SMILES string of the molecule is COC(=O)c1nc(Sc2ccc(F)cc2)cnc1Sc1ccc(F)cc1. The van der Waals surface area contributed by atoms with Gasteiger partial charge in [0.25, 0.3) is 0 Å². The maximum absolute atomic E-state index is 13.0. The van der Waals surface area contributed by atoms with Crippen molar-refractivity contribution in [2.45, 2.75) is 19.8 Å². The van der Waals surface area contributed by atoms with Crippen molar-refractivity contribution < 1.29 is 18.3 Å². The van der Waals surface area contributed by atoms with E-state index in [2.05, 4.69) is 9.97 Å². The van der Waals surface area contributed by atoms with Gasteiger partial charge in [-0.2, -0.15) is 0 Å². The van der Waals surface area contributed by atoms with E-state index in [1.807, 2.05) is 0 Å². The summed E-state index contributed by atoms with van der Waals surface area (Å²) in [4.78, 5) is 22.1. The van der Waals surface area contributed by atoms with Crippen LogP contribution in [0.25, 0.3) is 0 Å². The predicted octanol–water partition coefficient (Wildman–Crippen LogP) is 4.84. The average molecular weight is 390 g/mol. The molecular weight excluding hydrogens is 378 g/mol. The van der Waals surface area contributed by atoms with Gasteiger partial charge in [-0.15, -0.1) is 0 Å². The molecule has 0 unspecified atom stereocenters. The molecule has 0 saturated carbocycles. The Morgan fingerprint density at radius 2 is 1.46 bits per heavy atom. The lowest BCUT2D eigenvalue weighted by Gasteiger charge is -2.08. The van der Waals surface area contributed by atoms with Gasteiger partial charge in [0.1, 0.15) is 21.7 Å². The minimum absolute atomic E-state index is 0.0638. The highest BCUT2D eigenvalue weighted by molar-refractivity contribution is 7.99. The number of methoxy groups -OCH3 is 1. The van der Waals surface area contributed by atoms with E-state index >= 15 is 0 Å². The summed E-state index contributed by atoms with van der Waals surface area (Å²) in [6.45, 7) is 0. The molecule has 0 aliphatic rings. The Kier molecular flexibility index (Phi) is 5.85. The standard InChI is InChI=1S/C18H12F2N2O2S2/c1-24-18(23)16-17(26-14-8-4-12(20)5-9-14)21-10-15(22-16)25-13-6-2-11(19)3-7-13/h2-10H,1H3. The lowest BCUT2D eigenvalue weighted by atomic mass is 10.4. The Balaban J connectivity index is 1.88. The molecule has 26 heavy (non-hydrogen) atoms. The zero-order valence-electron chi connectivity index (χ0n) is 13.5. The van der Waals surface area contributed by atoms with Gasteiger partial charge in [0.05, 0.1) is 13.3 Å². The minimum Gasteiger partial charge on any atom is -0.464 e. The Labute approximate surface area is 157 Å². The van der Waals surface area contributed by atoms with Crippen LogP contribution in [0.1, 0.15) is 10.5 Å². The third kappa shape index (κ3) is 4.59. The molecule has 0 fully saturated rings. The molecule has 0 radical (unpaired) electrons. The molecule has 1 heterocycles. The number of ether oxygens (including phenoxy) is 1. The van der Waals surface area contributed by atoms with Crippen LogP contribution >= 0.6 is 23.5 Å². The van der Waals surface area contributed by atoms with Gasteiger partial charge in [-0.05, 0) is 48.5 Å². The van der Waals surface area contributed by atoms with E-state index in [1.54, 1.807) is 24.3 Å². The fraction of sp³-hybridized carbons (Fsp3) is 0.0556. The molecule has 1 aromatic heterocycles. The highest BCUT2D eigenvalue weighted by atomic mass is 32.2. The smallest absolute Gasteiger partial charge is 0.359 e. The van der Waals surface area contributed by atoms with E-state index < -0.39 is 5.97 Å². The zero-order valence-corrected chi connectivity index (χ0v) is 15.1. The van der Waals surface area contributed by atoms with Crippen LogP contribution in [0.4, 0.5) is 8.78 Å². The molecule has 132 valence electrons. The second kappa shape index (κ2) is 8.29. The lowest BCUT2D eigenvalue weighted by molar-refractivity contribution is 0.0587. The van der Waals surface area contributed by atoms with Crippen molar-refractivity contribution in [3.63, 3.8) is 0 Å². The maximum atomic E-state index is 13.0. The van der Waals surface area contributed by atoms with Gasteiger partial charge in [0.2, 0.25) is 0 Å². The van der Waals surface area contributed by atoms with Gasteiger partial charge in [0.15, 0.2) is 5.69 Å². The van der Waals surface area contributed by atoms with Crippen molar-refractivity contribution in [2.24, 2.45) is 0 Å². The molecule has 4 nitrogen and oxygen atoms in total. The number of hydrogen-bond donors (Lipinski definition) is 0. The van der Waals surface area contributed by atoms with Gasteiger partial charge < -0.3 is 4.74 Å². The first-order valence-electron chi connectivity index (χ1n) is 7.37. The molecule has 3 aromatic rings. The summed E-state index contributed by atoms with van der Waals surface area (Å²) in [6, 6.07) is 11.7. The van der Waals surface area contributed by atoms with Crippen molar-refractivity contribution in [3.05, 3.63) is 72.1 Å². The molecule has 0 saturated heterocycles. The summed E-state index contributed by atoms with van der Waals surface area (Å²) < 4.78 is 30.8. The van der Waals surface area contributed by atoms with E-state index in [9.17, 15) is 13.6 Å². The molecule has 2 aromatic carbocycles. The Morgan fingerprint density at radius 1 is 0.923 bits per heavy atom. The van der Waals surface area contributed by atoms with Crippen molar-refractivity contribution in [3.8, 4) is 0 Å². The summed E-state index contributed by atoms with van der Waals surface area (Å²) in [5, 5.41) is 0.826. The summed E-state index contributed by atoms with van der Waals surface area (Å²) >= 11 is 2.43. The monoisotopic (exact) mass is 390 g/mol. The van der Waals surface area contributed by atoms with Crippen LogP contribution < -0.4 is 0 Å². The van der Waals surface area contributed by atoms with Crippen LogP contribution in [-0.4, -0.2) is 23.0 Å². The van der Waals surface area contributed by atoms with Gasteiger partial charge in [-0.25, -0.2) is 23.5 Å². The summed E-state index contributed by atoms with van der Waals surface area (Å²) in [5.41, 5.74) is 0.0638. The molecule has 0 N–H and O–H groups in total. The van der Waals surface area contributed by atoms with Crippen LogP contribution in [0.3, 0.4) is 0 Å². The highest BCUT2D eigenvalue weighted by Crippen LogP contribution is 2.31. The predicted molar refractivity (Wildman–Crippen MR) is 94.4 cm³/mol. The number of esters is 1. The number of nitrogens with zero attached hydrogens (tertiary/aromatic N) is 2. The number of carbonyl (C=O) groups is 1. The average Bonchev–Trinajstić information content (AvgIpc) is 2.66. The van der Waals surface area contributed by atoms with E-state index in [0.29, 0.717) is 14.9 Å². The number of rotatable bonds is 5. The first-order valence-corrected chi connectivity index (χ1v) is 9.00. The third-order valence-corrected chi connectivity index (χ3v) is 5.07. The van der Waals surface area contributed by atoms with Crippen LogP contribution in [0.15, 0.2) is 74.6 Å². The van der Waals surface area contributed by atoms with Crippen molar-refractivity contribution in [1.29, 1.82) is 0 Å². The summed E-state index contributed by atoms with van der Waals surface area (Å²) in [6.07, 6.45) is 1.52. The van der Waals surface area contributed by atoms with Gasteiger partial charge in [0, 0.05) is 9.79 Å². The number of aromatic nitrogens is 2. The normalized spacial score (nSPS) is 10.6. The molecule has 3 rings (SSSR count). The molecule has 0 amide bonds. The molecule has 0 aliphatic heterocycles. The number of carbonyl (C=O) groups excluding carboxylic acids is 1. The van der Waals surface area contributed by atoms with Gasteiger partial charge in [-0.1, -0.05) is 23.5 Å². The topological polar surface area (TPSA) is 52.1 Å². The van der Waals surface area contributed by atoms with Crippen molar-refractivity contribution >= 4 is 29.5 Å². The van der Waals surface area contributed by atoms with E-state index in [4.69, 9.17) is 4.74 Å². The molecular formula is C18H12F2N2O2S2. The Bertz CT molecular complexity index is 919. The fourth-order valence-corrected chi connectivity index (χ4v) is 3.54. The summed E-state index contributed by atoms with van der Waals surface area (Å²) in [7, 11) is 1.26. The molecule has 8 heteroatoms. The van der Waals surface area contributed by atoms with E-state index in [1.165, 1.54) is 61.1 Å². The van der Waals surface area contributed by atoms with Gasteiger partial charge >= 0.3 is 5.97 Å². The van der Waals surface area contributed by atoms with Crippen LogP contribution in [-0.2, 0) is 4.74 Å². The second-order valence-corrected chi connectivity index (χ2v) is 7.12. The number of benzene rings is 2. The zero-order chi connectivity index (χ0) is 18.5. The van der Waals surface area contributed by atoms with Crippen molar-refractivity contribution in [2.75, 3.05) is 7.11 Å². The first kappa shape index (κ1) is 18.3. The quantitative estimate of drug-likeness (QED) is 0.581. The van der Waals surface area contributed by atoms with E-state index in [-0.39, 0.29) is 17.3 Å². The lowest BCUT2D eigenvalue weighted by Crippen LogP contribution is -2.08. The van der Waals surface area contributed by atoms with Crippen LogP contribution in [0.5, 0.6) is 0 Å². The highest BCUT2D eigenvalue weighted by Gasteiger charge is 2.18. The van der Waals surface area contributed by atoms with Crippen LogP contribution in [0, 0.1) is 11.6 Å². The molecule has 0 spiro atoms. The Hall–Kier alpha value is -2.45. The second-order valence-electron chi connectivity index (χ2n) is 4.97. The minimum atomic E-state index is -0.622. The van der Waals surface area contributed by atoms with E-state index in [0.717, 1.165) is 4.90 Å². The molecule has 0 bridgehead atoms.